The Morgan fingerprint density at radius 1 is 1.06 bits per heavy atom. The molecule has 2 aromatic rings. The molecule has 88 valence electrons. The van der Waals surface area contributed by atoms with Crippen LogP contribution in [0.25, 0.3) is 0 Å². The van der Waals surface area contributed by atoms with Crippen LogP contribution in [0.3, 0.4) is 0 Å². The lowest BCUT2D eigenvalue weighted by Gasteiger charge is -2.13. The molecule has 0 amide bonds. The van der Waals surface area contributed by atoms with Crippen LogP contribution in [-0.2, 0) is 0 Å². The molecule has 3 heteroatoms. The second kappa shape index (κ2) is 4.63. The standard InChI is InChI=1S/C14H12F2O/c1-9-3-2-4-10(7-9)14(17)12-8-11(15)5-6-13(12)16/h2-8,14,17H,1H3. The van der Waals surface area contributed by atoms with Gasteiger partial charge in [0, 0.05) is 5.56 Å². The Morgan fingerprint density at radius 3 is 2.53 bits per heavy atom. The van der Waals surface area contributed by atoms with Crippen LogP contribution in [0.4, 0.5) is 8.78 Å². The third-order valence-electron chi connectivity index (χ3n) is 2.61. The first-order chi connectivity index (χ1) is 8.08. The van der Waals surface area contributed by atoms with Gasteiger partial charge in [-0.1, -0.05) is 29.8 Å². The molecule has 2 rings (SSSR count). The molecule has 0 bridgehead atoms. The van der Waals surface area contributed by atoms with Gasteiger partial charge < -0.3 is 5.11 Å². The van der Waals surface area contributed by atoms with Crippen molar-refractivity contribution in [3.63, 3.8) is 0 Å². The summed E-state index contributed by atoms with van der Waals surface area (Å²) in [5.41, 5.74) is 1.46. The second-order valence-corrected chi connectivity index (χ2v) is 3.98. The molecule has 17 heavy (non-hydrogen) atoms. The predicted octanol–water partition coefficient (Wildman–Crippen LogP) is 3.35. The van der Waals surface area contributed by atoms with Crippen LogP contribution in [0.1, 0.15) is 22.8 Å². The minimum Gasteiger partial charge on any atom is -0.384 e. The lowest BCUT2D eigenvalue weighted by atomic mass is 9.99. The molecular formula is C14H12F2O. The molecule has 1 atom stereocenters. The van der Waals surface area contributed by atoms with Crippen LogP contribution in [-0.4, -0.2) is 5.11 Å². The van der Waals surface area contributed by atoms with Crippen LogP contribution >= 0.6 is 0 Å². The first-order valence-electron chi connectivity index (χ1n) is 5.27. The van der Waals surface area contributed by atoms with E-state index < -0.39 is 17.7 Å². The summed E-state index contributed by atoms with van der Waals surface area (Å²) in [6, 6.07) is 10.1. The first kappa shape index (κ1) is 11.7. The number of rotatable bonds is 2. The van der Waals surface area contributed by atoms with Gasteiger partial charge in [-0.3, -0.25) is 0 Å². The van der Waals surface area contributed by atoms with Crippen molar-refractivity contribution in [1.29, 1.82) is 0 Å². The lowest BCUT2D eigenvalue weighted by Crippen LogP contribution is -2.03. The van der Waals surface area contributed by atoms with Gasteiger partial charge in [-0.2, -0.15) is 0 Å². The van der Waals surface area contributed by atoms with E-state index in [2.05, 4.69) is 0 Å². The summed E-state index contributed by atoms with van der Waals surface area (Å²) < 4.78 is 26.5. The molecular weight excluding hydrogens is 222 g/mol. The maximum absolute atomic E-state index is 13.5. The third-order valence-corrected chi connectivity index (χ3v) is 2.61. The summed E-state index contributed by atoms with van der Waals surface area (Å²) >= 11 is 0. The van der Waals surface area contributed by atoms with Crippen molar-refractivity contribution in [2.75, 3.05) is 0 Å². The molecule has 1 nitrogen and oxygen atoms in total. The first-order valence-corrected chi connectivity index (χ1v) is 5.27. The number of aryl methyl sites for hydroxylation is 1. The van der Waals surface area contributed by atoms with Crippen molar-refractivity contribution in [3.05, 3.63) is 70.8 Å². The number of halogens is 2. The maximum Gasteiger partial charge on any atom is 0.129 e. The molecule has 0 aromatic heterocycles. The van der Waals surface area contributed by atoms with Crippen molar-refractivity contribution in [2.45, 2.75) is 13.0 Å². The fraction of sp³-hybridized carbons (Fsp3) is 0.143. The topological polar surface area (TPSA) is 20.2 Å². The molecule has 1 unspecified atom stereocenters. The van der Waals surface area contributed by atoms with Crippen molar-refractivity contribution < 1.29 is 13.9 Å². The Hall–Kier alpha value is -1.74. The zero-order valence-corrected chi connectivity index (χ0v) is 9.32. The average molecular weight is 234 g/mol. The highest BCUT2D eigenvalue weighted by Gasteiger charge is 2.15. The number of hydrogen-bond acceptors (Lipinski definition) is 1. The van der Waals surface area contributed by atoms with Crippen LogP contribution in [0.5, 0.6) is 0 Å². The Labute approximate surface area is 98.3 Å². The van der Waals surface area contributed by atoms with E-state index in [0.29, 0.717) is 5.56 Å². The van der Waals surface area contributed by atoms with E-state index in [4.69, 9.17) is 0 Å². The van der Waals surface area contributed by atoms with Gasteiger partial charge in [-0.15, -0.1) is 0 Å². The highest BCUT2D eigenvalue weighted by Crippen LogP contribution is 2.25. The zero-order valence-electron chi connectivity index (χ0n) is 9.32. The number of aliphatic hydroxyl groups excluding tert-OH is 1. The molecule has 1 N–H and O–H groups in total. The molecule has 0 saturated carbocycles. The minimum atomic E-state index is -1.15. The van der Waals surface area contributed by atoms with Crippen LogP contribution in [0.2, 0.25) is 0 Å². The van der Waals surface area contributed by atoms with E-state index in [1.54, 1.807) is 18.2 Å². The second-order valence-electron chi connectivity index (χ2n) is 3.98. The van der Waals surface area contributed by atoms with Crippen LogP contribution < -0.4 is 0 Å². The van der Waals surface area contributed by atoms with Gasteiger partial charge in [0.1, 0.15) is 17.7 Å². The van der Waals surface area contributed by atoms with Crippen LogP contribution in [0, 0.1) is 18.6 Å². The van der Waals surface area contributed by atoms with Gasteiger partial charge in [0.25, 0.3) is 0 Å². The van der Waals surface area contributed by atoms with Crippen LogP contribution in [0.15, 0.2) is 42.5 Å². The molecule has 0 aliphatic rings. The Bertz CT molecular complexity index is 537. The molecule has 0 aliphatic heterocycles. The summed E-state index contributed by atoms with van der Waals surface area (Å²) in [5, 5.41) is 10.0. The van der Waals surface area contributed by atoms with Gasteiger partial charge in [-0.05, 0) is 30.7 Å². The summed E-state index contributed by atoms with van der Waals surface area (Å²) in [5.74, 6) is -1.17. The molecule has 0 aliphatic carbocycles. The SMILES string of the molecule is Cc1cccc(C(O)c2cc(F)ccc2F)c1. The monoisotopic (exact) mass is 234 g/mol. The Morgan fingerprint density at radius 2 is 1.82 bits per heavy atom. The summed E-state index contributed by atoms with van der Waals surface area (Å²) in [4.78, 5) is 0. The lowest BCUT2D eigenvalue weighted by molar-refractivity contribution is 0.214. The molecule has 0 saturated heterocycles. The van der Waals surface area contributed by atoms with Crippen molar-refractivity contribution >= 4 is 0 Å². The summed E-state index contributed by atoms with van der Waals surface area (Å²) in [7, 11) is 0. The highest BCUT2D eigenvalue weighted by molar-refractivity contribution is 5.33. The van der Waals surface area contributed by atoms with E-state index in [-0.39, 0.29) is 5.56 Å². The Balaban J connectivity index is 2.43. The molecule has 0 heterocycles. The molecule has 0 fully saturated rings. The fourth-order valence-electron chi connectivity index (χ4n) is 1.74. The minimum absolute atomic E-state index is 0.0457. The van der Waals surface area contributed by atoms with E-state index in [9.17, 15) is 13.9 Å². The van der Waals surface area contributed by atoms with Gasteiger partial charge >= 0.3 is 0 Å². The van der Waals surface area contributed by atoms with E-state index in [1.165, 1.54) is 0 Å². The van der Waals surface area contributed by atoms with Gasteiger partial charge in [-0.25, -0.2) is 8.78 Å². The maximum atomic E-state index is 13.5. The number of hydrogen-bond donors (Lipinski definition) is 1. The molecule has 0 radical (unpaired) electrons. The average Bonchev–Trinajstić information content (AvgIpc) is 2.31. The molecule has 2 aromatic carbocycles. The number of benzene rings is 2. The third kappa shape index (κ3) is 2.50. The smallest absolute Gasteiger partial charge is 0.129 e. The quantitative estimate of drug-likeness (QED) is 0.844. The highest BCUT2D eigenvalue weighted by atomic mass is 19.1. The van der Waals surface area contributed by atoms with Gasteiger partial charge in [0.05, 0.1) is 0 Å². The fourth-order valence-corrected chi connectivity index (χ4v) is 1.74. The predicted molar refractivity (Wildman–Crippen MR) is 61.6 cm³/mol. The van der Waals surface area contributed by atoms with E-state index >= 15 is 0 Å². The van der Waals surface area contributed by atoms with E-state index in [0.717, 1.165) is 23.8 Å². The van der Waals surface area contributed by atoms with E-state index in [1.807, 2.05) is 13.0 Å². The summed E-state index contributed by atoms with van der Waals surface area (Å²) in [6.07, 6.45) is -1.15. The zero-order chi connectivity index (χ0) is 12.4. The normalized spacial score (nSPS) is 12.5. The number of aliphatic hydroxyl groups is 1. The van der Waals surface area contributed by atoms with Gasteiger partial charge in [0.2, 0.25) is 0 Å². The largest absolute Gasteiger partial charge is 0.384 e. The van der Waals surface area contributed by atoms with Crippen molar-refractivity contribution in [1.82, 2.24) is 0 Å². The Kier molecular flexibility index (Phi) is 3.20. The summed E-state index contributed by atoms with van der Waals surface area (Å²) in [6.45, 7) is 1.87. The van der Waals surface area contributed by atoms with Crippen molar-refractivity contribution in [2.24, 2.45) is 0 Å². The molecule has 0 spiro atoms. The van der Waals surface area contributed by atoms with Crippen molar-refractivity contribution in [3.8, 4) is 0 Å². The van der Waals surface area contributed by atoms with Gasteiger partial charge in [0.15, 0.2) is 0 Å².